The van der Waals surface area contributed by atoms with Crippen LogP contribution in [0.1, 0.15) is 17.0 Å². The quantitative estimate of drug-likeness (QED) is 0.359. The lowest BCUT2D eigenvalue weighted by atomic mass is 9.88. The number of aromatic amines is 3. The van der Waals surface area contributed by atoms with Gasteiger partial charge < -0.3 is 10.3 Å². The molecule has 0 saturated heterocycles. The highest BCUT2D eigenvalue weighted by Gasteiger charge is 2.36. The lowest BCUT2D eigenvalue weighted by molar-refractivity contribution is -0.116. The molecule has 2 aromatic heterocycles. The van der Waals surface area contributed by atoms with Crippen LogP contribution in [-0.4, -0.2) is 20.9 Å². The molecule has 1 aliphatic heterocycles. The van der Waals surface area contributed by atoms with Crippen LogP contribution < -0.4 is 16.6 Å². The van der Waals surface area contributed by atoms with Gasteiger partial charge in [0.1, 0.15) is 5.65 Å². The highest BCUT2D eigenvalue weighted by atomic mass is 16.2. The Morgan fingerprint density at radius 1 is 0.742 bits per heavy atom. The number of amides is 1. The Kier molecular flexibility index (Phi) is 3.55. The molecule has 1 aliphatic rings. The number of carbonyl (C=O) groups excluding carboxylic acids is 1. The van der Waals surface area contributed by atoms with Gasteiger partial charge in [-0.05, 0) is 34.0 Å². The minimum Gasteiger partial charge on any atom is -0.340 e. The van der Waals surface area contributed by atoms with E-state index in [4.69, 9.17) is 0 Å². The van der Waals surface area contributed by atoms with Gasteiger partial charge in [-0.15, -0.1) is 0 Å². The lowest BCUT2D eigenvalue weighted by Gasteiger charge is -2.12. The fourth-order valence-electron chi connectivity index (χ4n) is 4.51. The first-order valence-corrected chi connectivity index (χ1v) is 9.87. The van der Waals surface area contributed by atoms with Crippen LogP contribution in [0.25, 0.3) is 33.1 Å². The Hall–Kier alpha value is -4.39. The number of hydrogen-bond donors (Lipinski definition) is 4. The number of fused-ring (bicyclic) bond motifs is 3. The summed E-state index contributed by atoms with van der Waals surface area (Å²) < 4.78 is 0. The molecule has 0 spiro atoms. The highest BCUT2D eigenvalue weighted by molar-refractivity contribution is 6.09. The molecule has 1 atom stereocenters. The highest BCUT2D eigenvalue weighted by Crippen LogP contribution is 2.43. The van der Waals surface area contributed by atoms with Crippen molar-refractivity contribution in [3.05, 3.63) is 98.7 Å². The fourth-order valence-corrected chi connectivity index (χ4v) is 4.51. The molecule has 1 unspecified atom stereocenters. The van der Waals surface area contributed by atoms with Crippen molar-refractivity contribution in [2.24, 2.45) is 0 Å². The Morgan fingerprint density at radius 2 is 1.52 bits per heavy atom. The fraction of sp³-hybridized carbons (Fsp3) is 0.0417. The van der Waals surface area contributed by atoms with Crippen LogP contribution in [0.15, 0.2) is 76.3 Å². The predicted molar refractivity (Wildman–Crippen MR) is 119 cm³/mol. The molecule has 31 heavy (non-hydrogen) atoms. The van der Waals surface area contributed by atoms with Gasteiger partial charge in [0.25, 0.3) is 5.56 Å². The number of nitrogens with one attached hydrogen (secondary N) is 4. The summed E-state index contributed by atoms with van der Waals surface area (Å²) in [5.74, 6) is -0.895. The van der Waals surface area contributed by atoms with E-state index >= 15 is 0 Å². The van der Waals surface area contributed by atoms with E-state index < -0.39 is 17.2 Å². The maximum absolute atomic E-state index is 13.0. The number of hydrogen-bond acceptors (Lipinski definition) is 3. The Bertz CT molecular complexity index is 1640. The summed E-state index contributed by atoms with van der Waals surface area (Å²) in [6.07, 6.45) is 0. The molecule has 6 rings (SSSR count). The van der Waals surface area contributed by atoms with Gasteiger partial charge in [0.05, 0.1) is 17.0 Å². The van der Waals surface area contributed by atoms with Gasteiger partial charge in [-0.2, -0.15) is 0 Å². The molecule has 0 aliphatic carbocycles. The molecule has 0 fully saturated rings. The Labute approximate surface area is 174 Å². The maximum Gasteiger partial charge on any atom is 0.327 e. The summed E-state index contributed by atoms with van der Waals surface area (Å²) in [4.78, 5) is 45.9. The summed E-state index contributed by atoms with van der Waals surface area (Å²) in [5.41, 5.74) is 2.67. The zero-order chi connectivity index (χ0) is 21.1. The van der Waals surface area contributed by atoms with Crippen LogP contribution in [0.4, 0.5) is 5.69 Å². The van der Waals surface area contributed by atoms with Crippen molar-refractivity contribution in [2.45, 2.75) is 5.92 Å². The van der Waals surface area contributed by atoms with Crippen LogP contribution in [0.5, 0.6) is 0 Å². The lowest BCUT2D eigenvalue weighted by Crippen LogP contribution is -2.23. The molecule has 0 bridgehead atoms. The van der Waals surface area contributed by atoms with Gasteiger partial charge in [-0.1, -0.05) is 54.6 Å². The third-order valence-corrected chi connectivity index (χ3v) is 5.85. The van der Waals surface area contributed by atoms with Crippen LogP contribution >= 0.6 is 0 Å². The van der Waals surface area contributed by atoms with Gasteiger partial charge >= 0.3 is 5.69 Å². The van der Waals surface area contributed by atoms with Crippen LogP contribution in [0.3, 0.4) is 0 Å². The van der Waals surface area contributed by atoms with Crippen molar-refractivity contribution in [3.8, 4) is 11.3 Å². The SMILES string of the molecule is O=C1Nc2ccccc2C1c1c(-c2ccc3ccccc3c2)[nH]c2[nH]c(=O)[nH]c(=O)c12. The van der Waals surface area contributed by atoms with Crippen molar-refractivity contribution in [3.63, 3.8) is 0 Å². The van der Waals surface area contributed by atoms with Gasteiger partial charge in [-0.3, -0.25) is 19.6 Å². The average Bonchev–Trinajstić information content (AvgIpc) is 3.29. The van der Waals surface area contributed by atoms with E-state index in [1.807, 2.05) is 66.7 Å². The van der Waals surface area contributed by atoms with Gasteiger partial charge in [0.2, 0.25) is 5.91 Å². The molecule has 5 aromatic rings. The maximum atomic E-state index is 13.0. The second-order valence-electron chi connectivity index (χ2n) is 7.64. The first-order valence-electron chi connectivity index (χ1n) is 9.87. The van der Waals surface area contributed by atoms with Gasteiger partial charge in [-0.25, -0.2) is 4.79 Å². The summed E-state index contributed by atoms with van der Waals surface area (Å²) in [6, 6.07) is 21.3. The molecule has 3 aromatic carbocycles. The molecule has 0 radical (unpaired) electrons. The first kappa shape index (κ1) is 17.5. The minimum absolute atomic E-state index is 0.213. The molecule has 7 heteroatoms. The number of rotatable bonds is 2. The molecule has 7 nitrogen and oxygen atoms in total. The molecule has 150 valence electrons. The molecule has 0 saturated carbocycles. The third-order valence-electron chi connectivity index (χ3n) is 5.85. The number of para-hydroxylation sites is 1. The largest absolute Gasteiger partial charge is 0.340 e. The average molecular weight is 408 g/mol. The topological polar surface area (TPSA) is 111 Å². The summed E-state index contributed by atoms with van der Waals surface area (Å²) in [7, 11) is 0. The second kappa shape index (κ2) is 6.30. The monoisotopic (exact) mass is 408 g/mol. The zero-order valence-electron chi connectivity index (χ0n) is 16.2. The van der Waals surface area contributed by atoms with E-state index in [0.29, 0.717) is 16.9 Å². The molecular weight excluding hydrogens is 392 g/mol. The van der Waals surface area contributed by atoms with Crippen LogP contribution in [-0.2, 0) is 4.79 Å². The van der Waals surface area contributed by atoms with Gasteiger partial charge in [0.15, 0.2) is 0 Å². The third kappa shape index (κ3) is 2.56. The van der Waals surface area contributed by atoms with E-state index in [9.17, 15) is 14.4 Å². The Morgan fingerprint density at radius 3 is 2.39 bits per heavy atom. The standard InChI is InChI=1S/C24H16N4O3/c29-22-17(15-7-3-4-8-16(15)25-22)18-19-21(27-24(31)28-23(19)30)26-20(18)14-10-9-12-5-1-2-6-13(12)11-14/h1-11,17H,(H,25,29)(H3,26,27,28,30,31). The smallest absolute Gasteiger partial charge is 0.327 e. The van der Waals surface area contributed by atoms with Crippen molar-refractivity contribution in [1.82, 2.24) is 15.0 Å². The van der Waals surface area contributed by atoms with Crippen LogP contribution in [0, 0.1) is 0 Å². The van der Waals surface area contributed by atoms with E-state index in [-0.39, 0.29) is 11.3 Å². The van der Waals surface area contributed by atoms with E-state index in [0.717, 1.165) is 27.6 Å². The summed E-state index contributed by atoms with van der Waals surface area (Å²) in [5, 5.41) is 5.29. The second-order valence-corrected chi connectivity index (χ2v) is 7.64. The Balaban J connectivity index is 1.71. The first-order chi connectivity index (χ1) is 15.1. The number of H-pyrrole nitrogens is 3. The molecule has 4 N–H and O–H groups in total. The van der Waals surface area contributed by atoms with Crippen LogP contribution in [0.2, 0.25) is 0 Å². The molecular formula is C24H16N4O3. The normalized spacial score (nSPS) is 15.4. The summed E-state index contributed by atoms with van der Waals surface area (Å²) >= 11 is 0. The van der Waals surface area contributed by atoms with E-state index in [2.05, 4.69) is 20.3 Å². The zero-order valence-corrected chi connectivity index (χ0v) is 16.2. The van der Waals surface area contributed by atoms with E-state index in [1.54, 1.807) is 0 Å². The van der Waals surface area contributed by atoms with Crippen molar-refractivity contribution in [2.75, 3.05) is 5.32 Å². The van der Waals surface area contributed by atoms with E-state index in [1.165, 1.54) is 0 Å². The number of anilines is 1. The van der Waals surface area contributed by atoms with Crippen molar-refractivity contribution < 1.29 is 4.79 Å². The predicted octanol–water partition coefficient (Wildman–Crippen LogP) is 3.45. The molecule has 1 amide bonds. The molecule has 3 heterocycles. The number of aromatic nitrogens is 3. The summed E-state index contributed by atoms with van der Waals surface area (Å²) in [6.45, 7) is 0. The number of carbonyl (C=O) groups is 1. The number of benzene rings is 3. The van der Waals surface area contributed by atoms with Gasteiger partial charge in [0, 0.05) is 11.3 Å². The minimum atomic E-state index is -0.682. The van der Waals surface area contributed by atoms with Crippen molar-refractivity contribution >= 4 is 33.4 Å². The van der Waals surface area contributed by atoms with Crippen molar-refractivity contribution in [1.29, 1.82) is 0 Å².